The van der Waals surface area contributed by atoms with E-state index in [4.69, 9.17) is 26.1 Å². The number of ether oxygens (including phenoxy) is 2. The van der Waals surface area contributed by atoms with Crippen LogP contribution in [0.25, 0.3) is 21.3 Å². The number of halogens is 1. The van der Waals surface area contributed by atoms with Gasteiger partial charge in [-0.2, -0.15) is 0 Å². The fraction of sp³-hybridized carbons (Fsp3) is 0.357. The average Bonchev–Trinajstić information content (AvgIpc) is 3.47. The third-order valence-corrected chi connectivity index (χ3v) is 9.05. The van der Waals surface area contributed by atoms with Gasteiger partial charge in [0.1, 0.15) is 10.6 Å². The maximum Gasteiger partial charge on any atom is 0.226 e. The predicted molar refractivity (Wildman–Crippen MR) is 146 cm³/mol. The van der Waals surface area contributed by atoms with Gasteiger partial charge in [-0.25, -0.2) is 4.98 Å². The van der Waals surface area contributed by atoms with Gasteiger partial charge in [-0.3, -0.25) is 9.36 Å². The Labute approximate surface area is 229 Å². The van der Waals surface area contributed by atoms with Crippen LogP contribution in [0.1, 0.15) is 22.6 Å². The van der Waals surface area contributed by atoms with Crippen LogP contribution < -0.4 is 4.74 Å². The summed E-state index contributed by atoms with van der Waals surface area (Å²) in [5, 5.41) is 22.0. The number of hydrogen-bond acceptors (Lipinski definition) is 7. The topological polar surface area (TPSA) is 97.1 Å². The summed E-state index contributed by atoms with van der Waals surface area (Å²) in [6, 6.07) is 10.6. The van der Waals surface area contributed by atoms with Gasteiger partial charge in [0, 0.05) is 47.0 Å². The molecule has 4 heterocycles. The molecule has 1 fully saturated rings. The summed E-state index contributed by atoms with van der Waals surface area (Å²) in [5.74, 6) is 0.760. The van der Waals surface area contributed by atoms with Crippen molar-refractivity contribution in [3.8, 4) is 28.6 Å². The number of aromatic hydroxyl groups is 2. The molecule has 3 aromatic heterocycles. The number of morpholine rings is 1. The van der Waals surface area contributed by atoms with E-state index >= 15 is 0 Å². The van der Waals surface area contributed by atoms with Gasteiger partial charge in [-0.15, -0.1) is 11.3 Å². The molecule has 38 heavy (non-hydrogen) atoms. The Bertz CT molecular complexity index is 1490. The van der Waals surface area contributed by atoms with Gasteiger partial charge in [0.05, 0.1) is 37.6 Å². The molecular formula is C28H28ClN3O5S. The van der Waals surface area contributed by atoms with Crippen molar-refractivity contribution in [2.75, 3.05) is 33.4 Å². The number of rotatable bonds is 5. The molecule has 1 aromatic carbocycles. The van der Waals surface area contributed by atoms with Gasteiger partial charge in [0.15, 0.2) is 11.8 Å². The predicted octanol–water partition coefficient (Wildman–Crippen LogP) is 4.85. The number of carbonyl (C=O) groups is 1. The van der Waals surface area contributed by atoms with Crippen LogP contribution >= 0.6 is 22.9 Å². The zero-order valence-electron chi connectivity index (χ0n) is 20.9. The van der Waals surface area contributed by atoms with E-state index in [-0.39, 0.29) is 30.1 Å². The molecule has 0 saturated carbocycles. The number of pyridine rings is 1. The minimum absolute atomic E-state index is 0.0539. The fourth-order valence-electron chi connectivity index (χ4n) is 5.48. The van der Waals surface area contributed by atoms with Crippen molar-refractivity contribution in [1.82, 2.24) is 14.5 Å². The summed E-state index contributed by atoms with van der Waals surface area (Å²) in [5.41, 5.74) is 3.55. The Balaban J connectivity index is 1.45. The third kappa shape index (κ3) is 4.38. The van der Waals surface area contributed by atoms with Crippen LogP contribution in [0.4, 0.5) is 0 Å². The lowest BCUT2D eigenvalue weighted by Gasteiger charge is -2.32. The van der Waals surface area contributed by atoms with E-state index in [0.717, 1.165) is 39.9 Å². The quantitative estimate of drug-likeness (QED) is 0.367. The highest BCUT2D eigenvalue weighted by atomic mass is 35.5. The van der Waals surface area contributed by atoms with Gasteiger partial charge in [0.2, 0.25) is 5.91 Å². The number of carbonyl (C=O) groups excluding carboxylic acids is 1. The minimum Gasteiger partial charge on any atom is -0.497 e. The van der Waals surface area contributed by atoms with Gasteiger partial charge in [-0.1, -0.05) is 23.7 Å². The fourth-order valence-corrected chi connectivity index (χ4v) is 7.11. The number of amides is 1. The molecule has 1 amide bonds. The summed E-state index contributed by atoms with van der Waals surface area (Å²) >= 11 is 8.66. The lowest BCUT2D eigenvalue weighted by atomic mass is 9.85. The molecule has 1 aliphatic carbocycles. The Morgan fingerprint density at radius 3 is 2.55 bits per heavy atom. The van der Waals surface area contributed by atoms with E-state index in [1.165, 1.54) is 27.1 Å². The second kappa shape index (κ2) is 10.1. The van der Waals surface area contributed by atoms with Gasteiger partial charge in [-0.05, 0) is 42.5 Å². The van der Waals surface area contributed by atoms with Crippen molar-refractivity contribution in [3.63, 3.8) is 0 Å². The van der Waals surface area contributed by atoms with E-state index in [2.05, 4.69) is 0 Å². The largest absolute Gasteiger partial charge is 0.497 e. The van der Waals surface area contributed by atoms with Crippen molar-refractivity contribution < 1.29 is 24.5 Å². The normalized spacial score (nSPS) is 17.5. The lowest BCUT2D eigenvalue weighted by Crippen LogP contribution is -2.44. The number of nitrogens with zero attached hydrogens (tertiary/aromatic N) is 3. The highest BCUT2D eigenvalue weighted by Gasteiger charge is 2.33. The van der Waals surface area contributed by atoms with Crippen molar-refractivity contribution in [2.24, 2.45) is 5.92 Å². The Morgan fingerprint density at radius 1 is 1.16 bits per heavy atom. The van der Waals surface area contributed by atoms with Crippen LogP contribution in [-0.4, -0.2) is 64.0 Å². The molecule has 1 aliphatic heterocycles. The highest BCUT2D eigenvalue weighted by Crippen LogP contribution is 2.46. The maximum atomic E-state index is 13.3. The second-order valence-electron chi connectivity index (χ2n) is 9.67. The number of thiophene rings is 1. The Morgan fingerprint density at radius 2 is 1.87 bits per heavy atom. The van der Waals surface area contributed by atoms with Gasteiger partial charge >= 0.3 is 0 Å². The third-order valence-electron chi connectivity index (χ3n) is 7.50. The average molecular weight is 554 g/mol. The van der Waals surface area contributed by atoms with E-state index in [1.807, 2.05) is 29.2 Å². The molecule has 1 saturated heterocycles. The van der Waals surface area contributed by atoms with Gasteiger partial charge < -0.3 is 24.6 Å². The van der Waals surface area contributed by atoms with E-state index in [1.54, 1.807) is 18.4 Å². The molecule has 2 N–H and O–H groups in total. The summed E-state index contributed by atoms with van der Waals surface area (Å²) < 4.78 is 12.1. The lowest BCUT2D eigenvalue weighted by molar-refractivity contribution is -0.140. The number of aromatic nitrogens is 2. The second-order valence-corrected chi connectivity index (χ2v) is 11.1. The highest BCUT2D eigenvalue weighted by molar-refractivity contribution is 7.19. The first-order chi connectivity index (χ1) is 18.4. The first-order valence-corrected chi connectivity index (χ1v) is 13.8. The molecule has 2 aliphatic rings. The summed E-state index contributed by atoms with van der Waals surface area (Å²) in [6.45, 7) is 2.60. The van der Waals surface area contributed by atoms with Crippen LogP contribution in [0.2, 0.25) is 5.02 Å². The number of methoxy groups -OCH3 is 1. The Hall–Kier alpha value is -3.27. The Kier molecular flexibility index (Phi) is 6.67. The first-order valence-electron chi connectivity index (χ1n) is 12.7. The molecular weight excluding hydrogens is 526 g/mol. The smallest absolute Gasteiger partial charge is 0.226 e. The van der Waals surface area contributed by atoms with Crippen LogP contribution in [-0.2, 0) is 28.9 Å². The number of fused-ring (bicyclic) bond motifs is 3. The summed E-state index contributed by atoms with van der Waals surface area (Å²) in [7, 11) is 1.63. The molecule has 10 heteroatoms. The first kappa shape index (κ1) is 25.0. The maximum absolute atomic E-state index is 13.3. The number of benzene rings is 1. The van der Waals surface area contributed by atoms with E-state index in [0.29, 0.717) is 43.4 Å². The molecule has 0 radical (unpaired) electrons. The zero-order valence-corrected chi connectivity index (χ0v) is 22.5. The van der Waals surface area contributed by atoms with E-state index in [9.17, 15) is 15.0 Å². The van der Waals surface area contributed by atoms with Crippen molar-refractivity contribution in [1.29, 1.82) is 0 Å². The van der Waals surface area contributed by atoms with Crippen LogP contribution in [0.5, 0.6) is 17.5 Å². The standard InChI is InChI=1S/C28H28ClN3O5S/c1-36-18-5-2-16(3-6-18)24-25-19-7-4-17(28(35)31-10-12-37-13-11-31)14-21(19)38-27(25)30-20(26(24)29)15-32-22(33)8-9-23(32)34/h2-3,5-6,8-9,17,33-34H,4,7,10-15H2,1H3. The molecule has 4 aromatic rings. The zero-order chi connectivity index (χ0) is 26.4. The molecule has 8 nitrogen and oxygen atoms in total. The number of hydrogen-bond donors (Lipinski definition) is 2. The van der Waals surface area contributed by atoms with Gasteiger partial charge in [0.25, 0.3) is 0 Å². The molecule has 6 rings (SSSR count). The summed E-state index contributed by atoms with van der Waals surface area (Å²) in [4.78, 5) is 22.1. The molecule has 1 unspecified atom stereocenters. The minimum atomic E-state index is -0.0681. The van der Waals surface area contributed by atoms with E-state index < -0.39 is 0 Å². The molecule has 198 valence electrons. The van der Waals surface area contributed by atoms with Crippen molar-refractivity contribution in [2.45, 2.75) is 25.8 Å². The van der Waals surface area contributed by atoms with Crippen molar-refractivity contribution >= 4 is 39.1 Å². The van der Waals surface area contributed by atoms with Crippen molar-refractivity contribution in [3.05, 3.63) is 57.6 Å². The number of aryl methyl sites for hydroxylation is 1. The molecule has 0 bridgehead atoms. The van der Waals surface area contributed by atoms with Crippen LogP contribution in [0.15, 0.2) is 36.4 Å². The molecule has 1 atom stereocenters. The SMILES string of the molecule is COc1ccc(-c2c(Cl)c(Cn3c(O)ccc3O)nc3sc4c(c23)CCC(C(=O)N2CCOCC2)C4)cc1. The van der Waals surface area contributed by atoms with Crippen LogP contribution in [0.3, 0.4) is 0 Å². The monoisotopic (exact) mass is 553 g/mol. The molecule has 0 spiro atoms. The summed E-state index contributed by atoms with van der Waals surface area (Å²) in [6.07, 6.45) is 2.23. The van der Waals surface area contributed by atoms with Crippen LogP contribution in [0, 0.1) is 5.92 Å².